The molecule has 0 spiro atoms. The van der Waals surface area contributed by atoms with Gasteiger partial charge in [-0.15, -0.1) is 0 Å². The molecule has 0 saturated heterocycles. The Morgan fingerprint density at radius 3 is 2.41 bits per heavy atom. The molecule has 2 aromatic carbocycles. The van der Waals surface area contributed by atoms with E-state index < -0.39 is 6.10 Å². The summed E-state index contributed by atoms with van der Waals surface area (Å²) in [5, 5.41) is 10.4. The van der Waals surface area contributed by atoms with Crippen molar-refractivity contribution in [3.8, 4) is 22.8 Å². The second-order valence-electron chi connectivity index (χ2n) is 6.19. The number of amides is 1. The van der Waals surface area contributed by atoms with Crippen molar-refractivity contribution >= 4 is 11.7 Å². The van der Waals surface area contributed by atoms with Crippen LogP contribution in [0.15, 0.2) is 47.1 Å². The minimum absolute atomic E-state index is 0.237. The molecule has 1 N–H and O–H groups in total. The normalized spacial score (nSPS) is 11.7. The summed E-state index contributed by atoms with van der Waals surface area (Å²) in [5.74, 6) is 1.24. The van der Waals surface area contributed by atoms with Gasteiger partial charge >= 0.3 is 0 Å². The number of anilines is 1. The lowest BCUT2D eigenvalue weighted by Gasteiger charge is -2.15. The zero-order valence-corrected chi connectivity index (χ0v) is 15.6. The summed E-state index contributed by atoms with van der Waals surface area (Å²) in [6.07, 6.45) is -0.715. The molecule has 27 heavy (non-hydrogen) atoms. The van der Waals surface area contributed by atoms with E-state index in [1.807, 2.05) is 44.2 Å². The van der Waals surface area contributed by atoms with Crippen LogP contribution in [-0.2, 0) is 4.79 Å². The SMILES string of the molecule is COc1ccc(-c2nonc2NC(=O)[C@H](C)Oc2ccc(C)c(C)c2)cc1. The molecule has 1 amide bonds. The minimum atomic E-state index is -0.715. The highest BCUT2D eigenvalue weighted by molar-refractivity contribution is 5.96. The number of hydrogen-bond donors (Lipinski definition) is 1. The largest absolute Gasteiger partial charge is 0.497 e. The second-order valence-corrected chi connectivity index (χ2v) is 6.19. The molecule has 3 aromatic rings. The number of carbonyl (C=O) groups is 1. The summed E-state index contributed by atoms with van der Waals surface area (Å²) in [6.45, 7) is 5.69. The molecule has 7 heteroatoms. The van der Waals surface area contributed by atoms with E-state index in [2.05, 4.69) is 15.6 Å². The molecule has 0 saturated carbocycles. The van der Waals surface area contributed by atoms with Crippen LogP contribution in [0.1, 0.15) is 18.1 Å². The van der Waals surface area contributed by atoms with E-state index in [4.69, 9.17) is 14.1 Å². The molecule has 140 valence electrons. The first-order chi connectivity index (χ1) is 13.0. The minimum Gasteiger partial charge on any atom is -0.497 e. The predicted molar refractivity (Wildman–Crippen MR) is 101 cm³/mol. The van der Waals surface area contributed by atoms with Crippen LogP contribution < -0.4 is 14.8 Å². The van der Waals surface area contributed by atoms with E-state index in [0.29, 0.717) is 11.4 Å². The number of carbonyl (C=O) groups excluding carboxylic acids is 1. The number of nitrogens with one attached hydrogen (secondary N) is 1. The van der Waals surface area contributed by atoms with Gasteiger partial charge in [0.05, 0.1) is 7.11 Å². The number of aromatic nitrogens is 2. The van der Waals surface area contributed by atoms with Crippen molar-refractivity contribution in [1.29, 1.82) is 0 Å². The standard InChI is InChI=1S/C20H21N3O4/c1-12-5-8-17(11-13(12)2)26-14(3)20(24)21-19-18(22-27-23-19)15-6-9-16(25-4)10-7-15/h5-11,14H,1-4H3,(H,21,23,24)/t14-/m0/s1. The van der Waals surface area contributed by atoms with Gasteiger partial charge < -0.3 is 14.8 Å². The predicted octanol–water partition coefficient (Wildman–Crippen LogP) is 3.77. The maximum absolute atomic E-state index is 12.5. The topological polar surface area (TPSA) is 86.5 Å². The van der Waals surface area contributed by atoms with Crippen LogP contribution in [0.4, 0.5) is 5.82 Å². The van der Waals surface area contributed by atoms with Crippen molar-refractivity contribution in [2.24, 2.45) is 0 Å². The van der Waals surface area contributed by atoms with E-state index in [9.17, 15) is 4.79 Å². The van der Waals surface area contributed by atoms with Gasteiger partial charge in [0.1, 0.15) is 11.5 Å². The molecule has 0 unspecified atom stereocenters. The van der Waals surface area contributed by atoms with Crippen LogP contribution in [0.2, 0.25) is 0 Å². The summed E-state index contributed by atoms with van der Waals surface area (Å²) in [6, 6.07) is 12.9. The fourth-order valence-electron chi connectivity index (χ4n) is 2.47. The average molecular weight is 367 g/mol. The highest BCUT2D eigenvalue weighted by Crippen LogP contribution is 2.26. The highest BCUT2D eigenvalue weighted by Gasteiger charge is 2.20. The number of methoxy groups -OCH3 is 1. The first-order valence-corrected chi connectivity index (χ1v) is 8.49. The maximum atomic E-state index is 12.5. The number of hydrogen-bond acceptors (Lipinski definition) is 6. The van der Waals surface area contributed by atoms with Crippen LogP contribution in [0, 0.1) is 13.8 Å². The Labute approximate surface area is 157 Å². The van der Waals surface area contributed by atoms with Gasteiger partial charge in [0.25, 0.3) is 5.91 Å². The van der Waals surface area contributed by atoms with Crippen molar-refractivity contribution in [3.63, 3.8) is 0 Å². The van der Waals surface area contributed by atoms with Gasteiger partial charge in [-0.05, 0) is 78.6 Å². The van der Waals surface area contributed by atoms with Crippen LogP contribution >= 0.6 is 0 Å². The maximum Gasteiger partial charge on any atom is 0.266 e. The fraction of sp³-hybridized carbons (Fsp3) is 0.250. The Kier molecular flexibility index (Phi) is 5.40. The molecule has 1 atom stereocenters. The van der Waals surface area contributed by atoms with E-state index in [-0.39, 0.29) is 11.7 Å². The zero-order chi connectivity index (χ0) is 19.4. The van der Waals surface area contributed by atoms with Crippen LogP contribution in [-0.4, -0.2) is 29.4 Å². The smallest absolute Gasteiger partial charge is 0.266 e. The molecule has 0 aliphatic carbocycles. The van der Waals surface area contributed by atoms with Crippen LogP contribution in [0.3, 0.4) is 0 Å². The Morgan fingerprint density at radius 1 is 1.04 bits per heavy atom. The molecule has 3 rings (SSSR count). The van der Waals surface area contributed by atoms with Crippen molar-refractivity contribution in [3.05, 3.63) is 53.6 Å². The average Bonchev–Trinajstić information content (AvgIpc) is 3.12. The highest BCUT2D eigenvalue weighted by atomic mass is 16.6. The summed E-state index contributed by atoms with van der Waals surface area (Å²) in [5.41, 5.74) is 3.44. The quantitative estimate of drug-likeness (QED) is 0.714. The third-order valence-corrected chi connectivity index (χ3v) is 4.25. The summed E-state index contributed by atoms with van der Waals surface area (Å²) in [7, 11) is 1.59. The Hall–Kier alpha value is -3.35. The second kappa shape index (κ2) is 7.90. The number of benzene rings is 2. The van der Waals surface area contributed by atoms with Gasteiger partial charge in [0.15, 0.2) is 11.8 Å². The first kappa shape index (κ1) is 18.4. The fourth-order valence-corrected chi connectivity index (χ4v) is 2.47. The van der Waals surface area contributed by atoms with Crippen molar-refractivity contribution < 1.29 is 18.9 Å². The Bertz CT molecular complexity index is 935. The van der Waals surface area contributed by atoms with E-state index >= 15 is 0 Å². The van der Waals surface area contributed by atoms with E-state index in [1.54, 1.807) is 26.2 Å². The monoisotopic (exact) mass is 367 g/mol. The zero-order valence-electron chi connectivity index (χ0n) is 15.6. The summed E-state index contributed by atoms with van der Waals surface area (Å²) < 4.78 is 15.7. The number of ether oxygens (including phenoxy) is 2. The summed E-state index contributed by atoms with van der Waals surface area (Å²) >= 11 is 0. The van der Waals surface area contributed by atoms with Gasteiger partial charge in [-0.2, -0.15) is 0 Å². The Balaban J connectivity index is 1.70. The van der Waals surface area contributed by atoms with Crippen molar-refractivity contribution in [1.82, 2.24) is 10.3 Å². The van der Waals surface area contributed by atoms with Gasteiger partial charge in [0, 0.05) is 5.56 Å². The number of nitrogens with zero attached hydrogens (tertiary/aromatic N) is 2. The van der Waals surface area contributed by atoms with Crippen LogP contribution in [0.25, 0.3) is 11.3 Å². The molecular weight excluding hydrogens is 346 g/mol. The first-order valence-electron chi connectivity index (χ1n) is 8.49. The molecule has 0 aliphatic heterocycles. The van der Waals surface area contributed by atoms with Crippen LogP contribution in [0.5, 0.6) is 11.5 Å². The van der Waals surface area contributed by atoms with Gasteiger partial charge in [-0.3, -0.25) is 4.79 Å². The third-order valence-electron chi connectivity index (χ3n) is 4.25. The molecule has 0 aliphatic rings. The molecule has 0 fully saturated rings. The van der Waals surface area contributed by atoms with Crippen molar-refractivity contribution in [2.45, 2.75) is 26.9 Å². The molecule has 7 nitrogen and oxygen atoms in total. The van der Waals surface area contributed by atoms with E-state index in [1.165, 1.54) is 0 Å². The van der Waals surface area contributed by atoms with E-state index in [0.717, 1.165) is 22.4 Å². The van der Waals surface area contributed by atoms with Gasteiger partial charge in [0.2, 0.25) is 5.82 Å². The third kappa shape index (κ3) is 4.25. The molecule has 1 heterocycles. The lowest BCUT2D eigenvalue weighted by Crippen LogP contribution is -2.30. The molecule has 0 radical (unpaired) electrons. The number of rotatable bonds is 6. The van der Waals surface area contributed by atoms with Crippen molar-refractivity contribution in [2.75, 3.05) is 12.4 Å². The molecule has 1 aromatic heterocycles. The lowest BCUT2D eigenvalue weighted by molar-refractivity contribution is -0.122. The summed E-state index contributed by atoms with van der Waals surface area (Å²) in [4.78, 5) is 12.5. The lowest BCUT2D eigenvalue weighted by atomic mass is 10.1. The van der Waals surface area contributed by atoms with Gasteiger partial charge in [-0.1, -0.05) is 6.07 Å². The Morgan fingerprint density at radius 2 is 1.74 bits per heavy atom. The number of aryl methyl sites for hydroxylation is 2. The van der Waals surface area contributed by atoms with Gasteiger partial charge in [-0.25, -0.2) is 4.63 Å². The molecular formula is C20H21N3O4. The molecule has 0 bridgehead atoms.